The lowest BCUT2D eigenvalue weighted by Crippen LogP contribution is -2.24. The fraction of sp³-hybridized carbons (Fsp3) is 0.273. The number of amides is 1. The molecule has 1 aromatic heterocycles. The summed E-state index contributed by atoms with van der Waals surface area (Å²) in [7, 11) is 0. The molecule has 1 aromatic carbocycles. The maximum absolute atomic E-state index is 11.0. The SMILES string of the molecule is CC(C(OC(N)=O)c1ccc(Cl)cc1)n1cnnn1. The van der Waals surface area contributed by atoms with Gasteiger partial charge in [-0.1, -0.05) is 23.7 Å². The molecule has 0 saturated heterocycles. The highest BCUT2D eigenvalue weighted by Crippen LogP contribution is 2.29. The fourth-order valence-corrected chi connectivity index (χ4v) is 1.84. The molecule has 100 valence electrons. The maximum atomic E-state index is 11.0. The van der Waals surface area contributed by atoms with Gasteiger partial charge in [0.05, 0.1) is 6.04 Å². The van der Waals surface area contributed by atoms with E-state index in [0.717, 1.165) is 5.56 Å². The van der Waals surface area contributed by atoms with Crippen LogP contribution in [-0.4, -0.2) is 26.3 Å². The third-order valence-electron chi connectivity index (χ3n) is 2.66. The van der Waals surface area contributed by atoms with E-state index < -0.39 is 12.2 Å². The van der Waals surface area contributed by atoms with E-state index in [4.69, 9.17) is 22.1 Å². The van der Waals surface area contributed by atoms with Crippen LogP contribution in [0.3, 0.4) is 0 Å². The molecule has 2 atom stereocenters. The summed E-state index contributed by atoms with van der Waals surface area (Å²) in [6, 6.07) is 6.64. The first-order valence-corrected chi connectivity index (χ1v) is 5.89. The average molecular weight is 282 g/mol. The van der Waals surface area contributed by atoms with E-state index >= 15 is 0 Å². The first kappa shape index (κ1) is 13.3. The summed E-state index contributed by atoms with van der Waals surface area (Å²) in [6.45, 7) is 1.82. The minimum Gasteiger partial charge on any atom is -0.439 e. The van der Waals surface area contributed by atoms with Crippen LogP contribution in [0.5, 0.6) is 0 Å². The second-order valence-corrected chi connectivity index (χ2v) is 4.38. The summed E-state index contributed by atoms with van der Waals surface area (Å²) in [4.78, 5) is 11.0. The normalized spacial score (nSPS) is 13.8. The van der Waals surface area contributed by atoms with Crippen molar-refractivity contribution >= 4 is 17.7 Å². The molecule has 1 amide bonds. The second-order valence-electron chi connectivity index (χ2n) is 3.94. The monoisotopic (exact) mass is 281 g/mol. The molecule has 0 radical (unpaired) electrons. The molecular weight excluding hydrogens is 270 g/mol. The number of hydrogen-bond acceptors (Lipinski definition) is 5. The molecule has 19 heavy (non-hydrogen) atoms. The number of hydrogen-bond donors (Lipinski definition) is 1. The van der Waals surface area contributed by atoms with Gasteiger partial charge in [-0.3, -0.25) is 0 Å². The van der Waals surface area contributed by atoms with E-state index in [1.807, 2.05) is 6.92 Å². The lowest BCUT2D eigenvalue weighted by atomic mass is 10.0. The summed E-state index contributed by atoms with van der Waals surface area (Å²) in [5.41, 5.74) is 5.86. The van der Waals surface area contributed by atoms with Crippen LogP contribution in [0.15, 0.2) is 30.6 Å². The zero-order chi connectivity index (χ0) is 13.8. The van der Waals surface area contributed by atoms with E-state index in [9.17, 15) is 4.79 Å². The number of rotatable bonds is 4. The number of primary amides is 1. The third kappa shape index (κ3) is 3.19. The van der Waals surface area contributed by atoms with Crippen molar-refractivity contribution in [3.63, 3.8) is 0 Å². The van der Waals surface area contributed by atoms with Gasteiger partial charge in [0.15, 0.2) is 6.10 Å². The molecule has 0 aliphatic carbocycles. The highest BCUT2D eigenvalue weighted by Gasteiger charge is 2.25. The smallest absolute Gasteiger partial charge is 0.405 e. The Hall–Kier alpha value is -2.15. The van der Waals surface area contributed by atoms with Gasteiger partial charge in [0.25, 0.3) is 0 Å². The molecule has 0 bridgehead atoms. The van der Waals surface area contributed by atoms with Crippen molar-refractivity contribution in [2.45, 2.75) is 19.1 Å². The van der Waals surface area contributed by atoms with Crippen LogP contribution < -0.4 is 5.73 Å². The van der Waals surface area contributed by atoms with E-state index in [0.29, 0.717) is 5.02 Å². The Morgan fingerprint density at radius 1 is 1.42 bits per heavy atom. The van der Waals surface area contributed by atoms with E-state index in [1.54, 1.807) is 24.3 Å². The van der Waals surface area contributed by atoms with Crippen LogP contribution >= 0.6 is 11.6 Å². The lowest BCUT2D eigenvalue weighted by molar-refractivity contribution is 0.0721. The molecule has 2 unspecified atom stereocenters. The summed E-state index contributed by atoms with van der Waals surface area (Å²) in [5, 5.41) is 11.5. The topological polar surface area (TPSA) is 95.9 Å². The van der Waals surface area contributed by atoms with Gasteiger partial charge in [0.1, 0.15) is 6.33 Å². The minimum absolute atomic E-state index is 0.302. The number of aromatic nitrogens is 4. The summed E-state index contributed by atoms with van der Waals surface area (Å²) in [5.74, 6) is 0. The Morgan fingerprint density at radius 2 is 2.11 bits per heavy atom. The van der Waals surface area contributed by atoms with Gasteiger partial charge in [-0.2, -0.15) is 0 Å². The molecule has 0 saturated carbocycles. The van der Waals surface area contributed by atoms with Gasteiger partial charge in [0, 0.05) is 5.02 Å². The first-order valence-electron chi connectivity index (χ1n) is 5.52. The van der Waals surface area contributed by atoms with Gasteiger partial charge in [-0.25, -0.2) is 9.48 Å². The van der Waals surface area contributed by atoms with Gasteiger partial charge >= 0.3 is 6.09 Å². The quantitative estimate of drug-likeness (QED) is 0.920. The molecule has 0 aliphatic heterocycles. The number of carbonyl (C=O) groups is 1. The number of nitrogens with two attached hydrogens (primary N) is 1. The van der Waals surface area contributed by atoms with Crippen molar-refractivity contribution in [2.24, 2.45) is 5.73 Å². The van der Waals surface area contributed by atoms with Crippen LogP contribution in [0.4, 0.5) is 4.79 Å². The van der Waals surface area contributed by atoms with Crippen LogP contribution in [-0.2, 0) is 4.74 Å². The summed E-state index contributed by atoms with van der Waals surface area (Å²) < 4.78 is 6.63. The van der Waals surface area contributed by atoms with Gasteiger partial charge in [0.2, 0.25) is 0 Å². The number of carbonyl (C=O) groups excluding carboxylic acids is 1. The zero-order valence-electron chi connectivity index (χ0n) is 10.1. The van der Waals surface area contributed by atoms with Crippen LogP contribution in [0.25, 0.3) is 0 Å². The fourth-order valence-electron chi connectivity index (χ4n) is 1.72. The maximum Gasteiger partial charge on any atom is 0.405 e. The molecule has 1 heterocycles. The Labute approximate surface area is 114 Å². The minimum atomic E-state index is -0.861. The molecule has 0 fully saturated rings. The molecule has 0 aliphatic rings. The highest BCUT2D eigenvalue weighted by molar-refractivity contribution is 6.30. The second kappa shape index (κ2) is 5.66. The predicted molar refractivity (Wildman–Crippen MR) is 67.4 cm³/mol. The molecule has 7 nitrogen and oxygen atoms in total. The number of tetrazole rings is 1. The van der Waals surface area contributed by atoms with Gasteiger partial charge in [-0.05, 0) is 35.0 Å². The summed E-state index contributed by atoms with van der Waals surface area (Å²) >= 11 is 5.83. The van der Waals surface area contributed by atoms with Crippen LogP contribution in [0.1, 0.15) is 24.6 Å². The van der Waals surface area contributed by atoms with Crippen molar-refractivity contribution in [2.75, 3.05) is 0 Å². The standard InChI is InChI=1S/C11H12ClN5O2/c1-7(17-6-14-15-16-17)10(19-11(13)18)8-2-4-9(12)5-3-8/h2-7,10H,1H3,(H2,13,18). The molecule has 2 rings (SSSR count). The molecule has 2 N–H and O–H groups in total. The van der Waals surface area contributed by atoms with Crippen LogP contribution in [0.2, 0.25) is 5.02 Å². The lowest BCUT2D eigenvalue weighted by Gasteiger charge is -2.23. The van der Waals surface area contributed by atoms with Crippen molar-refractivity contribution in [1.82, 2.24) is 20.2 Å². The van der Waals surface area contributed by atoms with E-state index in [-0.39, 0.29) is 6.04 Å². The molecule has 2 aromatic rings. The molecular formula is C11H12ClN5O2. The Balaban J connectivity index is 2.30. The number of halogens is 1. The van der Waals surface area contributed by atoms with Gasteiger partial charge < -0.3 is 10.5 Å². The van der Waals surface area contributed by atoms with Crippen molar-refractivity contribution in [3.8, 4) is 0 Å². The largest absolute Gasteiger partial charge is 0.439 e. The van der Waals surface area contributed by atoms with Crippen molar-refractivity contribution < 1.29 is 9.53 Å². The number of nitrogens with zero attached hydrogens (tertiary/aromatic N) is 4. The average Bonchev–Trinajstić information content (AvgIpc) is 2.90. The van der Waals surface area contributed by atoms with Crippen molar-refractivity contribution in [3.05, 3.63) is 41.2 Å². The third-order valence-corrected chi connectivity index (χ3v) is 2.91. The Morgan fingerprint density at radius 3 is 2.63 bits per heavy atom. The van der Waals surface area contributed by atoms with Crippen molar-refractivity contribution in [1.29, 1.82) is 0 Å². The number of ether oxygens (including phenoxy) is 1. The zero-order valence-corrected chi connectivity index (χ0v) is 10.9. The first-order chi connectivity index (χ1) is 9.08. The summed E-state index contributed by atoms with van der Waals surface area (Å²) in [6.07, 6.45) is -0.0177. The number of benzene rings is 1. The Bertz CT molecular complexity index is 543. The van der Waals surface area contributed by atoms with Gasteiger partial charge in [-0.15, -0.1) is 5.10 Å². The van der Waals surface area contributed by atoms with E-state index in [1.165, 1.54) is 11.0 Å². The predicted octanol–water partition coefficient (Wildman–Crippen LogP) is 1.72. The molecule has 0 spiro atoms. The van der Waals surface area contributed by atoms with Crippen LogP contribution in [0, 0.1) is 0 Å². The highest BCUT2D eigenvalue weighted by atomic mass is 35.5. The van der Waals surface area contributed by atoms with E-state index in [2.05, 4.69) is 15.5 Å². The molecule has 8 heteroatoms. The Kier molecular flexibility index (Phi) is 3.96.